The number of hydrogen-bond donors (Lipinski definition) is 0. The van der Waals surface area contributed by atoms with Crippen LogP contribution in [0, 0.1) is 5.92 Å². The molecule has 0 aliphatic carbocycles. The Labute approximate surface area is 160 Å². The summed E-state index contributed by atoms with van der Waals surface area (Å²) in [7, 11) is 1.62. The van der Waals surface area contributed by atoms with E-state index in [1.54, 1.807) is 18.1 Å². The van der Waals surface area contributed by atoms with Gasteiger partial charge in [0.15, 0.2) is 0 Å². The summed E-state index contributed by atoms with van der Waals surface area (Å²) < 4.78 is 49.8. The molecule has 0 spiro atoms. The molecule has 152 valence electrons. The third-order valence-corrected chi connectivity index (χ3v) is 5.97. The van der Waals surface area contributed by atoms with E-state index in [-0.39, 0.29) is 18.2 Å². The van der Waals surface area contributed by atoms with E-state index in [4.69, 9.17) is 9.47 Å². The topological polar surface area (TPSA) is 63.5 Å². The van der Waals surface area contributed by atoms with Gasteiger partial charge in [0.05, 0.1) is 13.2 Å². The van der Waals surface area contributed by atoms with Crippen molar-refractivity contribution in [2.75, 3.05) is 33.4 Å². The molecule has 1 aromatic carbocycles. The van der Waals surface area contributed by atoms with Crippen molar-refractivity contribution in [3.8, 4) is 0 Å². The maximum Gasteiger partial charge on any atom is 0.437 e. The van der Waals surface area contributed by atoms with Gasteiger partial charge in [-0.3, -0.25) is 4.79 Å². The average molecular weight is 397 g/mol. The minimum atomic E-state index is -4.43. The first-order chi connectivity index (χ1) is 13.3. The zero-order valence-corrected chi connectivity index (χ0v) is 15.5. The molecule has 0 bridgehead atoms. The van der Waals surface area contributed by atoms with Gasteiger partial charge in [0.1, 0.15) is 5.60 Å². The number of alkyl halides is 3. The molecule has 2 saturated heterocycles. The predicted molar refractivity (Wildman–Crippen MR) is 92.8 cm³/mol. The average Bonchev–Trinajstić information content (AvgIpc) is 3.42. The molecule has 6 nitrogen and oxygen atoms in total. The van der Waals surface area contributed by atoms with E-state index in [1.807, 2.05) is 18.2 Å². The Balaban J connectivity index is 1.37. The number of carbonyl (C=O) groups is 1. The first kappa shape index (κ1) is 19.3. The summed E-state index contributed by atoms with van der Waals surface area (Å²) in [5.41, 5.74) is -1.26. The molecule has 4 rings (SSSR count). The molecule has 0 radical (unpaired) electrons. The fraction of sp³-hybridized carbons (Fsp3) is 0.632. The van der Waals surface area contributed by atoms with Crippen LogP contribution in [0.4, 0.5) is 13.2 Å². The largest absolute Gasteiger partial charge is 0.437 e. The van der Waals surface area contributed by atoms with Crippen LogP contribution in [-0.2, 0) is 15.1 Å². The summed E-state index contributed by atoms with van der Waals surface area (Å²) in [5, 5.41) is 6.51. The van der Waals surface area contributed by atoms with Crippen molar-refractivity contribution >= 4 is 5.91 Å². The van der Waals surface area contributed by atoms with Crippen LogP contribution in [0.25, 0.3) is 0 Å². The van der Waals surface area contributed by atoms with Gasteiger partial charge in [-0.25, -0.2) is 0 Å². The molecule has 3 aliphatic heterocycles. The molecule has 3 aliphatic rings. The summed E-state index contributed by atoms with van der Waals surface area (Å²) in [6, 6.07) is 7.30. The van der Waals surface area contributed by atoms with Gasteiger partial charge in [0.25, 0.3) is 11.6 Å². The Morgan fingerprint density at radius 1 is 1.29 bits per heavy atom. The first-order valence-corrected chi connectivity index (χ1v) is 9.32. The number of halogens is 3. The van der Waals surface area contributed by atoms with Crippen molar-refractivity contribution in [1.82, 2.24) is 4.90 Å². The summed E-state index contributed by atoms with van der Waals surface area (Å²) in [4.78, 5) is 14.6. The number of ether oxygens (including phenoxy) is 2. The zero-order chi connectivity index (χ0) is 20.0. The van der Waals surface area contributed by atoms with Crippen LogP contribution in [0.3, 0.4) is 0 Å². The molecule has 9 heteroatoms. The van der Waals surface area contributed by atoms with Crippen LogP contribution in [0.2, 0.25) is 0 Å². The second-order valence-corrected chi connectivity index (χ2v) is 7.73. The lowest BCUT2D eigenvalue weighted by molar-refractivity contribution is -0.202. The van der Waals surface area contributed by atoms with E-state index >= 15 is 0 Å². The Kier molecular flexibility index (Phi) is 4.70. The van der Waals surface area contributed by atoms with Gasteiger partial charge >= 0.3 is 6.18 Å². The monoisotopic (exact) mass is 397 g/mol. The van der Waals surface area contributed by atoms with Crippen molar-refractivity contribution in [3.63, 3.8) is 0 Å². The number of rotatable bonds is 5. The quantitative estimate of drug-likeness (QED) is 0.764. The maximum absolute atomic E-state index is 13.0. The van der Waals surface area contributed by atoms with Crippen LogP contribution in [0.15, 0.2) is 34.5 Å². The van der Waals surface area contributed by atoms with Gasteiger partial charge in [-0.2, -0.15) is 13.2 Å². The summed E-state index contributed by atoms with van der Waals surface area (Å²) in [6.45, 7) is 1.76. The number of nitrogens with zero attached hydrogens (tertiary/aromatic N) is 3. The van der Waals surface area contributed by atoms with Crippen molar-refractivity contribution in [2.45, 2.75) is 36.7 Å². The molecule has 0 atom stereocenters. The third kappa shape index (κ3) is 3.30. The molecule has 0 saturated carbocycles. The minimum Gasteiger partial charge on any atom is -0.375 e. The van der Waals surface area contributed by atoms with Crippen LogP contribution >= 0.6 is 0 Å². The number of benzene rings is 1. The van der Waals surface area contributed by atoms with Crippen LogP contribution in [0.5, 0.6) is 0 Å². The summed E-state index contributed by atoms with van der Waals surface area (Å²) in [6.07, 6.45) is -3.51. The smallest absolute Gasteiger partial charge is 0.375 e. The number of amides is 1. The van der Waals surface area contributed by atoms with E-state index < -0.39 is 17.4 Å². The molecule has 3 heterocycles. The zero-order valence-electron chi connectivity index (χ0n) is 15.5. The molecule has 0 N–H and O–H groups in total. The van der Waals surface area contributed by atoms with Crippen LogP contribution < -0.4 is 0 Å². The van der Waals surface area contributed by atoms with Gasteiger partial charge in [-0.15, -0.1) is 10.2 Å². The van der Waals surface area contributed by atoms with Crippen LogP contribution in [-0.4, -0.2) is 56.1 Å². The second kappa shape index (κ2) is 6.81. The Morgan fingerprint density at radius 2 is 1.96 bits per heavy atom. The number of methoxy groups -OCH3 is 1. The standard InChI is InChI=1S/C19H22F3N3O3/c1-27-17(11-28-12-17)15-4-2-3-14(9-15)16(26)25-7-5-13(6-8-25)10-18(23-24-18)19(20,21)22/h2-4,9,13H,5-8,10-12H2,1H3. The molecule has 28 heavy (non-hydrogen) atoms. The highest BCUT2D eigenvalue weighted by Crippen LogP contribution is 2.49. The Bertz CT molecular complexity index is 773. The van der Waals surface area contributed by atoms with Crippen molar-refractivity contribution in [1.29, 1.82) is 0 Å². The highest BCUT2D eigenvalue weighted by atomic mass is 19.4. The summed E-state index contributed by atoms with van der Waals surface area (Å²) in [5.74, 6) is -0.256. The normalized spacial score (nSPS) is 23.4. The van der Waals surface area contributed by atoms with E-state index in [2.05, 4.69) is 10.2 Å². The second-order valence-electron chi connectivity index (χ2n) is 7.73. The molecule has 1 amide bonds. The number of carbonyl (C=O) groups excluding carboxylic acids is 1. The van der Waals surface area contributed by atoms with Crippen molar-refractivity contribution < 1.29 is 27.4 Å². The molecule has 2 fully saturated rings. The maximum atomic E-state index is 13.0. The highest BCUT2D eigenvalue weighted by Gasteiger charge is 2.64. The Morgan fingerprint density at radius 3 is 2.46 bits per heavy atom. The van der Waals surface area contributed by atoms with Crippen molar-refractivity contribution in [3.05, 3.63) is 35.4 Å². The molecular formula is C19H22F3N3O3. The lowest BCUT2D eigenvalue weighted by atomic mass is 9.87. The summed E-state index contributed by atoms with van der Waals surface area (Å²) >= 11 is 0. The minimum absolute atomic E-state index is 0.113. The molecule has 0 unspecified atom stereocenters. The van der Waals surface area contributed by atoms with E-state index in [0.717, 1.165) is 5.56 Å². The number of hydrogen-bond acceptors (Lipinski definition) is 5. The van der Waals surface area contributed by atoms with E-state index in [1.165, 1.54) is 0 Å². The predicted octanol–water partition coefficient (Wildman–Crippen LogP) is 3.53. The van der Waals surface area contributed by atoms with E-state index in [9.17, 15) is 18.0 Å². The molecular weight excluding hydrogens is 375 g/mol. The van der Waals surface area contributed by atoms with Crippen LogP contribution in [0.1, 0.15) is 35.2 Å². The SMILES string of the molecule is COC1(c2cccc(C(=O)N3CCC(CC4(C(F)(F)F)N=N4)CC3)c2)COC1. The first-order valence-electron chi connectivity index (χ1n) is 9.32. The van der Waals surface area contributed by atoms with Gasteiger partial charge < -0.3 is 14.4 Å². The lowest BCUT2D eigenvalue weighted by Gasteiger charge is -2.40. The number of piperidine rings is 1. The highest BCUT2D eigenvalue weighted by molar-refractivity contribution is 5.94. The van der Waals surface area contributed by atoms with Crippen molar-refractivity contribution in [2.24, 2.45) is 16.1 Å². The number of likely N-dealkylation sites (tertiary alicyclic amines) is 1. The third-order valence-electron chi connectivity index (χ3n) is 5.97. The van der Waals surface area contributed by atoms with Gasteiger partial charge in [-0.05, 0) is 36.5 Å². The van der Waals surface area contributed by atoms with Gasteiger partial charge in [0, 0.05) is 32.2 Å². The fourth-order valence-electron chi connectivity index (χ4n) is 3.92. The molecule has 0 aromatic heterocycles. The Hall–Kier alpha value is -2.00. The van der Waals surface area contributed by atoms with Gasteiger partial charge in [0.2, 0.25) is 0 Å². The van der Waals surface area contributed by atoms with Gasteiger partial charge in [-0.1, -0.05) is 12.1 Å². The molecule has 1 aromatic rings. The fourth-order valence-corrected chi connectivity index (χ4v) is 3.92. The lowest BCUT2D eigenvalue weighted by Crippen LogP contribution is -2.48. The van der Waals surface area contributed by atoms with E-state index in [0.29, 0.717) is 44.7 Å².